The number of likely N-dealkylation sites (N-methyl/N-ethyl adjacent to an activating group) is 1. The Hall–Kier alpha value is -2.32. The molecule has 0 aromatic rings. The minimum absolute atomic E-state index is 0.0615. The molecule has 0 aliphatic rings. The predicted molar refractivity (Wildman–Crippen MR) is 406 cm³/mol. The van der Waals surface area contributed by atoms with Crippen molar-refractivity contribution in [3.8, 4) is 0 Å². The van der Waals surface area contributed by atoms with E-state index in [4.69, 9.17) is 9.05 Å². The maximum Gasteiger partial charge on any atom is 0.472 e. The Morgan fingerprint density at radius 3 is 0.957 bits per heavy atom. The van der Waals surface area contributed by atoms with Gasteiger partial charge in [0.2, 0.25) is 5.91 Å². The number of carbonyl (C=O) groups is 1. The van der Waals surface area contributed by atoms with Crippen molar-refractivity contribution < 1.29 is 32.9 Å². The second kappa shape index (κ2) is 72.9. The molecule has 3 atom stereocenters. The minimum atomic E-state index is -4.36. The Bertz CT molecular complexity index is 1780. The monoisotopic (exact) mass is 1310 g/mol. The van der Waals surface area contributed by atoms with Gasteiger partial charge in [-0.05, 0) is 70.6 Å². The lowest BCUT2D eigenvalue weighted by Crippen LogP contribution is -2.45. The molecule has 0 saturated carbocycles. The fraction of sp³-hybridized carbons (Fsp3) is 0.819. The van der Waals surface area contributed by atoms with Crippen LogP contribution in [0.2, 0.25) is 0 Å². The summed E-state index contributed by atoms with van der Waals surface area (Å²) in [6.45, 7) is 4.75. The van der Waals surface area contributed by atoms with Crippen molar-refractivity contribution in [3.63, 3.8) is 0 Å². The van der Waals surface area contributed by atoms with Crippen LogP contribution in [0, 0.1) is 0 Å². The number of hydrogen-bond acceptors (Lipinski definition) is 5. The summed E-state index contributed by atoms with van der Waals surface area (Å²) in [5.74, 6) is -0.171. The number of hydrogen-bond donors (Lipinski definition) is 3. The van der Waals surface area contributed by atoms with Gasteiger partial charge in [-0.3, -0.25) is 13.8 Å². The van der Waals surface area contributed by atoms with Crippen LogP contribution in [0.1, 0.15) is 386 Å². The van der Waals surface area contributed by atoms with Crippen molar-refractivity contribution in [1.82, 2.24) is 5.32 Å². The van der Waals surface area contributed by atoms with Gasteiger partial charge >= 0.3 is 7.82 Å². The third-order valence-electron chi connectivity index (χ3n) is 18.1. The molecule has 538 valence electrons. The van der Waals surface area contributed by atoms with Crippen LogP contribution in [-0.2, 0) is 18.4 Å². The zero-order chi connectivity index (χ0) is 66.9. The summed E-state index contributed by atoms with van der Waals surface area (Å²) in [5.41, 5.74) is 0. The second-order valence-electron chi connectivity index (χ2n) is 28.4. The van der Waals surface area contributed by atoms with Gasteiger partial charge < -0.3 is 19.8 Å². The number of aliphatic hydroxyl groups is 1. The highest BCUT2D eigenvalue weighted by molar-refractivity contribution is 7.47. The average Bonchev–Trinajstić information content (AvgIpc) is 2.63. The van der Waals surface area contributed by atoms with E-state index >= 15 is 0 Å². The molecule has 0 aromatic heterocycles. The van der Waals surface area contributed by atoms with E-state index in [-0.39, 0.29) is 19.1 Å². The summed E-state index contributed by atoms with van der Waals surface area (Å²) >= 11 is 0. The molecule has 8 nitrogen and oxygen atoms in total. The van der Waals surface area contributed by atoms with Gasteiger partial charge in [0.15, 0.2) is 0 Å². The summed E-state index contributed by atoms with van der Waals surface area (Å²) < 4.78 is 23.9. The SMILES string of the molecule is CC/C=C\C/C=C\C/C=C\C/C=C\C/C=C\C/C=C\CCCCCCCCCCCCCCCCCCCCCCC(=O)NC(COP(=O)(O)OCC[N+](C)(C)C)C(O)/C=C/CCCCCCCCCCCCCCCCCCCCCCCCCCCCCCC. The summed E-state index contributed by atoms with van der Waals surface area (Å²) in [4.78, 5) is 23.5. The van der Waals surface area contributed by atoms with Crippen molar-refractivity contribution in [2.24, 2.45) is 0 Å². The highest BCUT2D eigenvalue weighted by Gasteiger charge is 2.28. The first-order chi connectivity index (χ1) is 45.0. The Labute approximate surface area is 573 Å². The van der Waals surface area contributed by atoms with E-state index in [1.165, 1.54) is 289 Å². The molecule has 0 radical (unpaired) electrons. The number of allylic oxidation sites excluding steroid dienone is 13. The van der Waals surface area contributed by atoms with Gasteiger partial charge in [-0.25, -0.2) is 4.57 Å². The fourth-order valence-corrected chi connectivity index (χ4v) is 12.7. The molecule has 0 aromatic carbocycles. The van der Waals surface area contributed by atoms with E-state index in [9.17, 15) is 19.4 Å². The third kappa shape index (κ3) is 75.1. The number of aliphatic hydroxyl groups excluding tert-OH is 1. The second-order valence-corrected chi connectivity index (χ2v) is 29.9. The van der Waals surface area contributed by atoms with E-state index in [1.807, 2.05) is 27.2 Å². The summed E-state index contributed by atoms with van der Waals surface area (Å²) in [6, 6.07) is -0.851. The van der Waals surface area contributed by atoms with Crippen LogP contribution in [0.15, 0.2) is 85.1 Å². The number of rotatable bonds is 74. The fourth-order valence-electron chi connectivity index (χ4n) is 12.0. The number of quaternary nitrogens is 1. The largest absolute Gasteiger partial charge is 0.472 e. The van der Waals surface area contributed by atoms with Crippen LogP contribution in [0.3, 0.4) is 0 Å². The molecule has 0 aliphatic heterocycles. The van der Waals surface area contributed by atoms with Crippen LogP contribution in [0.4, 0.5) is 0 Å². The zero-order valence-corrected chi connectivity index (χ0v) is 62.7. The first kappa shape index (κ1) is 89.7. The molecule has 3 unspecified atom stereocenters. The van der Waals surface area contributed by atoms with Crippen LogP contribution >= 0.6 is 7.82 Å². The van der Waals surface area contributed by atoms with Gasteiger partial charge in [-0.1, -0.05) is 394 Å². The van der Waals surface area contributed by atoms with E-state index in [0.717, 1.165) is 77.0 Å². The van der Waals surface area contributed by atoms with Crippen molar-refractivity contribution in [1.29, 1.82) is 0 Å². The number of amides is 1. The number of unbranched alkanes of at least 4 members (excludes halogenated alkanes) is 49. The van der Waals surface area contributed by atoms with Gasteiger partial charge in [0, 0.05) is 6.42 Å². The number of carbonyl (C=O) groups excluding carboxylic acids is 1. The van der Waals surface area contributed by atoms with Crippen molar-refractivity contribution in [2.45, 2.75) is 398 Å². The van der Waals surface area contributed by atoms with Gasteiger partial charge in [0.1, 0.15) is 13.2 Å². The van der Waals surface area contributed by atoms with Crippen molar-refractivity contribution in [3.05, 3.63) is 85.1 Å². The molecule has 1 amide bonds. The summed E-state index contributed by atoms with van der Waals surface area (Å²) in [7, 11) is 1.59. The Morgan fingerprint density at radius 1 is 0.380 bits per heavy atom. The molecule has 0 spiro atoms. The van der Waals surface area contributed by atoms with E-state index < -0.39 is 20.0 Å². The maximum absolute atomic E-state index is 13.1. The van der Waals surface area contributed by atoms with Gasteiger partial charge in [0.05, 0.1) is 39.9 Å². The van der Waals surface area contributed by atoms with E-state index in [0.29, 0.717) is 17.4 Å². The molecule has 3 N–H and O–H groups in total. The Morgan fingerprint density at radius 2 is 0.652 bits per heavy atom. The molecule has 0 aliphatic carbocycles. The van der Waals surface area contributed by atoms with Crippen molar-refractivity contribution >= 4 is 13.7 Å². The van der Waals surface area contributed by atoms with Gasteiger partial charge in [-0.15, -0.1) is 0 Å². The summed E-state index contributed by atoms with van der Waals surface area (Å²) in [5, 5.41) is 14.1. The normalized spacial score (nSPS) is 13.9. The Balaban J connectivity index is 3.97. The molecule has 0 fully saturated rings. The zero-order valence-electron chi connectivity index (χ0n) is 61.8. The molecule has 9 heteroatoms. The van der Waals surface area contributed by atoms with Crippen LogP contribution in [0.5, 0.6) is 0 Å². The van der Waals surface area contributed by atoms with Crippen LogP contribution in [-0.4, -0.2) is 73.4 Å². The highest BCUT2D eigenvalue weighted by Crippen LogP contribution is 2.43. The Kier molecular flexibility index (Phi) is 71.1. The lowest BCUT2D eigenvalue weighted by atomic mass is 10.0. The molecule has 92 heavy (non-hydrogen) atoms. The third-order valence-corrected chi connectivity index (χ3v) is 19.1. The van der Waals surface area contributed by atoms with E-state index in [1.54, 1.807) is 6.08 Å². The molecule has 0 rings (SSSR count). The molecule has 0 bridgehead atoms. The van der Waals surface area contributed by atoms with Gasteiger partial charge in [0.25, 0.3) is 0 Å². The molecular weight excluding hydrogens is 1150 g/mol. The summed E-state index contributed by atoms with van der Waals surface area (Å²) in [6.07, 6.45) is 105. The smallest absolute Gasteiger partial charge is 0.387 e. The van der Waals surface area contributed by atoms with Crippen LogP contribution < -0.4 is 5.32 Å². The first-order valence-electron chi connectivity index (χ1n) is 40.0. The lowest BCUT2D eigenvalue weighted by molar-refractivity contribution is -0.870. The highest BCUT2D eigenvalue weighted by atomic mass is 31.2. The quantitative estimate of drug-likeness (QED) is 0.0243. The minimum Gasteiger partial charge on any atom is -0.387 e. The first-order valence-corrected chi connectivity index (χ1v) is 41.5. The maximum atomic E-state index is 13.1. The number of nitrogens with zero attached hydrogens (tertiary/aromatic N) is 1. The van der Waals surface area contributed by atoms with Crippen molar-refractivity contribution in [2.75, 3.05) is 40.9 Å². The lowest BCUT2D eigenvalue weighted by Gasteiger charge is -2.25. The standard InChI is InChI=1S/C83H155N2O6P/c1-6-8-10-12-14-16-18-20-22-24-26-28-30-32-34-36-38-39-40-41-42-43-44-45-47-49-51-53-55-57-59-61-63-65-67-69-71-73-75-77-83(87)84-81(80-91-92(88,89)90-79-78-85(3,4)5)82(86)76-74-72-70-68-66-64-62-60-58-56-54-52-50-48-46-37-35-33-31-29-27-25-23-21-19-17-15-13-11-9-7-2/h8,10,14,16,20,22,26,28,32,34,38-39,74,76,81-82,86H,6-7,9,11-13,15,17-19,21,23-25,27,29-31,33,35-37,40-73,75,77-80H2,1-5H3,(H-,84,87,88,89)/p+1/b10-8-,16-14-,22-20-,28-26-,34-32-,39-38-,76-74+. The van der Waals surface area contributed by atoms with Gasteiger partial charge in [-0.2, -0.15) is 0 Å². The molecule has 0 saturated heterocycles. The number of phosphoric acid groups is 1. The molecule has 0 heterocycles. The predicted octanol–water partition coefficient (Wildman–Crippen LogP) is 26.2. The van der Waals surface area contributed by atoms with Crippen LogP contribution in [0.25, 0.3) is 0 Å². The number of nitrogens with one attached hydrogen (secondary N) is 1. The average molecular weight is 1310 g/mol. The molecular formula is C83H156N2O6P+. The topological polar surface area (TPSA) is 105 Å². The van der Waals surface area contributed by atoms with E-state index in [2.05, 4.69) is 92.1 Å². The number of phosphoric ester groups is 1.